The van der Waals surface area contributed by atoms with Crippen LogP contribution in [-0.4, -0.2) is 111 Å². The second-order valence-corrected chi connectivity index (χ2v) is 11.1. The Labute approximate surface area is 234 Å². The molecule has 2 aromatic rings. The molecule has 216 valence electrons. The summed E-state index contributed by atoms with van der Waals surface area (Å²) in [7, 11) is 5.54. The lowest BCUT2D eigenvalue weighted by molar-refractivity contribution is -0.0513. The Morgan fingerprint density at radius 1 is 1.10 bits per heavy atom. The number of hydrogen-bond donors (Lipinski definition) is 1. The maximum absolute atomic E-state index is 13.2. The zero-order chi connectivity index (χ0) is 28.4. The second kappa shape index (κ2) is 12.2. The van der Waals surface area contributed by atoms with Gasteiger partial charge in [-0.15, -0.1) is 0 Å². The summed E-state index contributed by atoms with van der Waals surface area (Å²) in [5.74, 6) is 0.0735. The number of carbonyl (C=O) groups is 1. The molecule has 2 fully saturated rings. The van der Waals surface area contributed by atoms with Gasteiger partial charge in [-0.3, -0.25) is 14.7 Å². The first-order chi connectivity index (χ1) is 19.2. The van der Waals surface area contributed by atoms with Crippen molar-refractivity contribution in [2.24, 2.45) is 4.99 Å². The predicted molar refractivity (Wildman–Crippen MR) is 149 cm³/mol. The molecular formula is C30H38F2N4O4. The summed E-state index contributed by atoms with van der Waals surface area (Å²) in [6, 6.07) is 10.7. The van der Waals surface area contributed by atoms with Gasteiger partial charge in [0.05, 0.1) is 25.0 Å². The van der Waals surface area contributed by atoms with Gasteiger partial charge in [0.15, 0.2) is 11.5 Å². The van der Waals surface area contributed by atoms with E-state index in [1.54, 1.807) is 12.1 Å². The molecule has 0 aromatic heterocycles. The fourth-order valence-corrected chi connectivity index (χ4v) is 5.99. The summed E-state index contributed by atoms with van der Waals surface area (Å²) in [6.07, 6.45) is 1.38. The third-order valence-corrected chi connectivity index (χ3v) is 8.22. The quantitative estimate of drug-likeness (QED) is 0.537. The number of rotatable bonds is 8. The van der Waals surface area contributed by atoms with Gasteiger partial charge in [-0.05, 0) is 63.2 Å². The van der Waals surface area contributed by atoms with Gasteiger partial charge in [-0.2, -0.15) is 8.78 Å². The highest BCUT2D eigenvalue weighted by molar-refractivity contribution is 6.15. The van der Waals surface area contributed by atoms with Crippen LogP contribution in [0.25, 0.3) is 0 Å². The summed E-state index contributed by atoms with van der Waals surface area (Å²) >= 11 is 0. The van der Waals surface area contributed by atoms with E-state index in [9.17, 15) is 18.7 Å². The molecule has 0 bridgehead atoms. The fourth-order valence-electron chi connectivity index (χ4n) is 5.99. The number of aliphatic imine (C=N–C) groups is 1. The molecular weight excluding hydrogens is 518 g/mol. The monoisotopic (exact) mass is 556 g/mol. The van der Waals surface area contributed by atoms with Crippen molar-refractivity contribution < 1.29 is 28.2 Å². The van der Waals surface area contributed by atoms with E-state index in [-0.39, 0.29) is 29.4 Å². The SMILES string of the molecule is COc1cc2c(cc1OC(F)F)C1CC(O)CCC1N=C2c1ccc(C(=O)N2CCN(CCN(C)C)CC2)cc1. The van der Waals surface area contributed by atoms with Gasteiger partial charge in [-0.25, -0.2) is 0 Å². The van der Waals surface area contributed by atoms with Gasteiger partial charge in [-0.1, -0.05) is 12.1 Å². The van der Waals surface area contributed by atoms with Crippen molar-refractivity contribution in [3.05, 3.63) is 58.7 Å². The lowest BCUT2D eigenvalue weighted by Gasteiger charge is -2.37. The third-order valence-electron chi connectivity index (χ3n) is 8.22. The molecule has 0 radical (unpaired) electrons. The number of ether oxygens (including phenoxy) is 2. The molecule has 1 saturated carbocycles. The van der Waals surface area contributed by atoms with E-state index >= 15 is 0 Å². The molecule has 1 aliphatic carbocycles. The zero-order valence-corrected chi connectivity index (χ0v) is 23.4. The normalized spacial score (nSPS) is 23.1. The topological polar surface area (TPSA) is 77.8 Å². The van der Waals surface area contributed by atoms with Crippen LogP contribution < -0.4 is 9.47 Å². The average molecular weight is 557 g/mol. The molecule has 5 rings (SSSR count). The Morgan fingerprint density at radius 3 is 2.48 bits per heavy atom. The number of aliphatic hydroxyl groups excluding tert-OH is 1. The van der Waals surface area contributed by atoms with Crippen molar-refractivity contribution in [1.29, 1.82) is 0 Å². The molecule has 0 spiro atoms. The Balaban J connectivity index is 1.38. The molecule has 1 amide bonds. The maximum atomic E-state index is 13.2. The Kier molecular flexibility index (Phi) is 8.68. The third kappa shape index (κ3) is 6.14. The van der Waals surface area contributed by atoms with Crippen molar-refractivity contribution in [2.45, 2.75) is 43.9 Å². The van der Waals surface area contributed by atoms with Gasteiger partial charge >= 0.3 is 6.61 Å². The number of nitrogens with zero attached hydrogens (tertiary/aromatic N) is 4. The van der Waals surface area contributed by atoms with Gasteiger partial charge in [0.2, 0.25) is 0 Å². The van der Waals surface area contributed by atoms with Crippen LogP contribution in [0, 0.1) is 0 Å². The Bertz CT molecular complexity index is 1230. The molecule has 2 aromatic carbocycles. The van der Waals surface area contributed by atoms with Gasteiger partial charge in [0, 0.05) is 61.9 Å². The Morgan fingerprint density at radius 2 is 1.82 bits per heavy atom. The number of alkyl halides is 2. The number of amides is 1. The number of benzene rings is 2. The van der Waals surface area contributed by atoms with Crippen molar-refractivity contribution in [3.63, 3.8) is 0 Å². The lowest BCUT2D eigenvalue weighted by atomic mass is 9.74. The highest BCUT2D eigenvalue weighted by Crippen LogP contribution is 2.45. The molecule has 2 heterocycles. The number of hydrogen-bond acceptors (Lipinski definition) is 7. The maximum Gasteiger partial charge on any atom is 0.387 e. The number of fused-ring (bicyclic) bond motifs is 3. The number of methoxy groups -OCH3 is 1. The summed E-state index contributed by atoms with van der Waals surface area (Å²) < 4.78 is 36.5. The van der Waals surface area contributed by atoms with E-state index in [0.717, 1.165) is 48.6 Å². The van der Waals surface area contributed by atoms with Crippen molar-refractivity contribution in [1.82, 2.24) is 14.7 Å². The summed E-state index contributed by atoms with van der Waals surface area (Å²) in [6.45, 7) is 2.13. The van der Waals surface area contributed by atoms with E-state index in [4.69, 9.17) is 14.5 Å². The largest absolute Gasteiger partial charge is 0.493 e. The molecule has 8 nitrogen and oxygen atoms in total. The molecule has 10 heteroatoms. The lowest BCUT2D eigenvalue weighted by Crippen LogP contribution is -2.49. The molecule has 3 unspecified atom stereocenters. The van der Waals surface area contributed by atoms with Crippen LogP contribution in [0.5, 0.6) is 11.5 Å². The summed E-state index contributed by atoms with van der Waals surface area (Å²) in [5, 5.41) is 10.4. The van der Waals surface area contributed by atoms with E-state index in [2.05, 4.69) is 23.9 Å². The van der Waals surface area contributed by atoms with Crippen LogP contribution >= 0.6 is 0 Å². The fraction of sp³-hybridized carbons (Fsp3) is 0.533. The smallest absolute Gasteiger partial charge is 0.387 e. The first-order valence-corrected chi connectivity index (χ1v) is 13.9. The predicted octanol–water partition coefficient (Wildman–Crippen LogP) is 3.46. The van der Waals surface area contributed by atoms with E-state index < -0.39 is 12.7 Å². The van der Waals surface area contributed by atoms with E-state index in [0.29, 0.717) is 37.9 Å². The first-order valence-electron chi connectivity index (χ1n) is 13.9. The number of carbonyl (C=O) groups excluding carboxylic acids is 1. The molecule has 3 atom stereocenters. The number of piperazine rings is 1. The standard InChI is InChI=1S/C30H38F2N4O4/c1-34(2)10-11-35-12-14-36(15-13-35)29(38)20-6-4-19(5-7-20)28-24-18-26(39-3)27(40-30(31)32)17-22(24)23-16-21(37)8-9-25(23)33-28/h4-7,17-18,21,23,25,30,37H,8-16H2,1-3H3. The summed E-state index contributed by atoms with van der Waals surface area (Å²) in [4.78, 5) is 24.8. The number of likely N-dealkylation sites (N-methyl/N-ethyl adjacent to an activating group) is 1. The molecule has 1 N–H and O–H groups in total. The molecule has 2 aliphatic heterocycles. The van der Waals surface area contributed by atoms with Crippen molar-refractivity contribution in [2.75, 3.05) is 60.5 Å². The van der Waals surface area contributed by atoms with E-state index in [1.165, 1.54) is 7.11 Å². The summed E-state index contributed by atoms with van der Waals surface area (Å²) in [5.41, 5.74) is 3.77. The van der Waals surface area contributed by atoms with E-state index in [1.807, 2.05) is 29.2 Å². The van der Waals surface area contributed by atoms with Crippen LogP contribution in [0.2, 0.25) is 0 Å². The van der Waals surface area contributed by atoms with Crippen LogP contribution in [0.15, 0.2) is 41.4 Å². The minimum absolute atomic E-state index is 0.0154. The highest BCUT2D eigenvalue weighted by atomic mass is 19.3. The highest BCUT2D eigenvalue weighted by Gasteiger charge is 2.37. The minimum Gasteiger partial charge on any atom is -0.493 e. The second-order valence-electron chi connectivity index (χ2n) is 11.1. The van der Waals surface area contributed by atoms with Gasteiger partial charge < -0.3 is 24.4 Å². The van der Waals surface area contributed by atoms with Crippen molar-refractivity contribution in [3.8, 4) is 11.5 Å². The van der Waals surface area contributed by atoms with Gasteiger partial charge in [0.25, 0.3) is 5.91 Å². The molecule has 3 aliphatic rings. The van der Waals surface area contributed by atoms with Crippen molar-refractivity contribution >= 4 is 11.6 Å². The van der Waals surface area contributed by atoms with Crippen LogP contribution in [0.1, 0.15) is 52.2 Å². The zero-order valence-electron chi connectivity index (χ0n) is 23.4. The molecule has 1 saturated heterocycles. The Hall–Kier alpha value is -3.08. The minimum atomic E-state index is -2.98. The number of halogens is 2. The van der Waals surface area contributed by atoms with Crippen LogP contribution in [-0.2, 0) is 0 Å². The van der Waals surface area contributed by atoms with Crippen LogP contribution in [0.4, 0.5) is 8.78 Å². The van der Waals surface area contributed by atoms with Crippen LogP contribution in [0.3, 0.4) is 0 Å². The molecule has 40 heavy (non-hydrogen) atoms. The average Bonchev–Trinajstić information content (AvgIpc) is 2.95. The number of aliphatic hydroxyl groups is 1. The first kappa shape index (κ1) is 28.4. The van der Waals surface area contributed by atoms with Gasteiger partial charge in [0.1, 0.15) is 0 Å².